The Morgan fingerprint density at radius 1 is 0.750 bits per heavy atom. The van der Waals surface area contributed by atoms with Crippen LogP contribution in [0.2, 0.25) is 0 Å². The van der Waals surface area contributed by atoms with Crippen LogP contribution in [0.1, 0.15) is 0 Å². The van der Waals surface area contributed by atoms with Gasteiger partial charge in [0, 0.05) is 0 Å². The SMILES string of the molecule is [C-]#[O+].[C-]#[O+].[Fe+6].[c-]1ccccc1.c1cc[cH-]c1. The Balaban J connectivity index is -0.000000156. The van der Waals surface area contributed by atoms with Crippen LogP contribution in [0.3, 0.4) is 0 Å². The first-order chi connectivity index (χ1) is 7.50. The molecule has 0 saturated heterocycles. The van der Waals surface area contributed by atoms with Crippen LogP contribution in [0.25, 0.3) is 0 Å². The molecule has 0 radical (unpaired) electrons. The fraction of sp³-hybridized carbons (Fsp3) is 0. The fourth-order valence-corrected chi connectivity index (χ4v) is 0.663. The van der Waals surface area contributed by atoms with E-state index in [0.717, 1.165) is 0 Å². The molecule has 0 aliphatic rings. The minimum Gasteiger partial charge on any atom is -0.214 e. The smallest absolute Gasteiger partial charge is 0.214 e. The van der Waals surface area contributed by atoms with E-state index >= 15 is 0 Å². The summed E-state index contributed by atoms with van der Waals surface area (Å²) in [5.41, 5.74) is 0. The van der Waals surface area contributed by atoms with Crippen molar-refractivity contribution in [2.75, 3.05) is 0 Å². The third-order valence-corrected chi connectivity index (χ3v) is 1.16. The van der Waals surface area contributed by atoms with Gasteiger partial charge >= 0.3 is 39.7 Å². The second-order valence-corrected chi connectivity index (χ2v) is 2.04. The van der Waals surface area contributed by atoms with Crippen molar-refractivity contribution in [1.82, 2.24) is 0 Å². The largest absolute Gasteiger partial charge is 6.00 e. The molecule has 3 heteroatoms. The first-order valence-electron chi connectivity index (χ1n) is 3.99. The molecule has 2 aromatic carbocycles. The molecule has 78 valence electrons. The first-order valence-corrected chi connectivity index (χ1v) is 3.99. The Morgan fingerprint density at radius 3 is 1.31 bits per heavy atom. The van der Waals surface area contributed by atoms with E-state index in [1.54, 1.807) is 0 Å². The quantitative estimate of drug-likeness (QED) is 0.394. The number of benzene rings is 1. The molecular formula is C13H10FeO2+4. The molecule has 0 amide bonds. The van der Waals surface area contributed by atoms with Crippen LogP contribution >= 0.6 is 0 Å². The normalized spacial score (nSPS) is 5.75. The predicted molar refractivity (Wildman–Crippen MR) is 55.2 cm³/mol. The Bertz CT molecular complexity index is 261. The molecule has 2 nitrogen and oxygen atoms in total. The van der Waals surface area contributed by atoms with Gasteiger partial charge in [-0.05, 0) is 0 Å². The summed E-state index contributed by atoms with van der Waals surface area (Å²) in [6, 6.07) is 22.5. The van der Waals surface area contributed by atoms with E-state index in [4.69, 9.17) is 9.30 Å². The van der Waals surface area contributed by atoms with E-state index in [2.05, 4.69) is 19.4 Å². The predicted octanol–water partition coefficient (Wildman–Crippen LogP) is 2.81. The maximum Gasteiger partial charge on any atom is 6.00 e. The van der Waals surface area contributed by atoms with Gasteiger partial charge in [0.2, 0.25) is 0 Å². The summed E-state index contributed by atoms with van der Waals surface area (Å²) in [6.45, 7) is 9.00. The van der Waals surface area contributed by atoms with Gasteiger partial charge in [-0.1, -0.05) is 0 Å². The van der Waals surface area contributed by atoms with E-state index in [9.17, 15) is 0 Å². The Kier molecular flexibility index (Phi) is 29.3. The van der Waals surface area contributed by atoms with Crippen molar-refractivity contribution in [3.05, 3.63) is 80.0 Å². The topological polar surface area (TPSA) is 39.8 Å². The molecule has 0 N–H and O–H groups in total. The van der Waals surface area contributed by atoms with E-state index < -0.39 is 0 Å². The van der Waals surface area contributed by atoms with Crippen molar-refractivity contribution in [2.45, 2.75) is 0 Å². The molecule has 2 aromatic rings. The maximum atomic E-state index is 7.50. The number of hydrogen-bond donors (Lipinski definition) is 0. The third kappa shape index (κ3) is 18.4. The molecule has 0 aromatic heterocycles. The van der Waals surface area contributed by atoms with Crippen LogP contribution in [0.5, 0.6) is 0 Å². The molecule has 0 bridgehead atoms. The zero-order valence-corrected chi connectivity index (χ0v) is 9.55. The number of rotatable bonds is 0. The van der Waals surface area contributed by atoms with Gasteiger partial charge in [0.05, 0.1) is 0 Å². The van der Waals surface area contributed by atoms with Crippen LogP contribution in [-0.2, 0) is 26.4 Å². The number of hydrogen-bond acceptors (Lipinski definition) is 0. The van der Waals surface area contributed by atoms with E-state index in [1.807, 2.05) is 60.7 Å². The molecule has 16 heavy (non-hydrogen) atoms. The minimum absolute atomic E-state index is 0. The Morgan fingerprint density at radius 2 is 1.19 bits per heavy atom. The minimum atomic E-state index is 0. The van der Waals surface area contributed by atoms with Crippen molar-refractivity contribution in [2.24, 2.45) is 0 Å². The Labute approximate surface area is 107 Å². The van der Waals surface area contributed by atoms with Crippen molar-refractivity contribution in [3.8, 4) is 0 Å². The van der Waals surface area contributed by atoms with Crippen LogP contribution in [-0.4, -0.2) is 0 Å². The Hall–Kier alpha value is -1.43. The molecule has 2 rings (SSSR count). The molecule has 0 heterocycles. The summed E-state index contributed by atoms with van der Waals surface area (Å²) in [4.78, 5) is 0. The average Bonchev–Trinajstić information content (AvgIpc) is 2.95. The third-order valence-electron chi connectivity index (χ3n) is 1.16. The van der Waals surface area contributed by atoms with Crippen LogP contribution in [0, 0.1) is 19.4 Å². The van der Waals surface area contributed by atoms with Crippen molar-refractivity contribution in [3.63, 3.8) is 0 Å². The summed E-state index contributed by atoms with van der Waals surface area (Å²) >= 11 is 0. The summed E-state index contributed by atoms with van der Waals surface area (Å²) in [5.74, 6) is 0. The van der Waals surface area contributed by atoms with Gasteiger partial charge in [-0.3, -0.25) is 0 Å². The molecule has 0 atom stereocenters. The van der Waals surface area contributed by atoms with Crippen molar-refractivity contribution < 1.29 is 26.4 Å². The summed E-state index contributed by atoms with van der Waals surface area (Å²) in [6.07, 6.45) is 0. The van der Waals surface area contributed by atoms with Gasteiger partial charge in [-0.25, -0.2) is 12.1 Å². The first kappa shape index (κ1) is 20.0. The second-order valence-electron chi connectivity index (χ2n) is 2.04. The molecule has 0 fully saturated rings. The van der Waals surface area contributed by atoms with Crippen LogP contribution in [0.15, 0.2) is 60.7 Å². The van der Waals surface area contributed by atoms with E-state index in [-0.39, 0.29) is 17.1 Å². The van der Waals surface area contributed by atoms with Crippen molar-refractivity contribution >= 4 is 0 Å². The monoisotopic (exact) mass is 254 g/mol. The maximum absolute atomic E-state index is 7.50. The summed E-state index contributed by atoms with van der Waals surface area (Å²) in [7, 11) is 0. The van der Waals surface area contributed by atoms with Gasteiger partial charge < -0.3 is 0 Å². The van der Waals surface area contributed by atoms with Gasteiger partial charge in [-0.15, -0.1) is 0 Å². The standard InChI is InChI=1S/C6H5.C5H5.2CO.Fe/c1-2-4-6-5-3-1;1-2-4-5-3-1;2*1-2;/h1-5H;1-5H;;;/q2*-1;;;+6. The molecule has 0 saturated carbocycles. The van der Waals surface area contributed by atoms with Gasteiger partial charge in [0.15, 0.2) is 0 Å². The summed E-state index contributed by atoms with van der Waals surface area (Å²) in [5, 5.41) is 0. The zero-order chi connectivity index (χ0) is 11.8. The second kappa shape index (κ2) is 23.4. The zero-order valence-electron chi connectivity index (χ0n) is 8.44. The molecule has 0 aliphatic heterocycles. The van der Waals surface area contributed by atoms with Crippen molar-refractivity contribution in [1.29, 1.82) is 0 Å². The van der Waals surface area contributed by atoms with Crippen LogP contribution in [0.4, 0.5) is 0 Å². The van der Waals surface area contributed by atoms with E-state index in [1.165, 1.54) is 0 Å². The van der Waals surface area contributed by atoms with Gasteiger partial charge in [-0.2, -0.15) is 54.6 Å². The van der Waals surface area contributed by atoms with Gasteiger partial charge in [0.25, 0.3) is 0 Å². The molecule has 0 aliphatic carbocycles. The molecule has 0 spiro atoms. The molecular weight excluding hydrogens is 244 g/mol. The van der Waals surface area contributed by atoms with E-state index in [0.29, 0.717) is 0 Å². The molecule has 0 unspecified atom stereocenters. The summed E-state index contributed by atoms with van der Waals surface area (Å²) < 4.78 is 15.0. The van der Waals surface area contributed by atoms with Gasteiger partial charge in [0.1, 0.15) is 0 Å². The van der Waals surface area contributed by atoms with Crippen LogP contribution < -0.4 is 0 Å². The average molecular weight is 254 g/mol. The fourth-order valence-electron chi connectivity index (χ4n) is 0.663.